The molecule has 0 aliphatic carbocycles. The van der Waals surface area contributed by atoms with Crippen molar-refractivity contribution < 1.29 is 9.53 Å². The Labute approximate surface area is 107 Å². The van der Waals surface area contributed by atoms with Gasteiger partial charge in [-0.2, -0.15) is 0 Å². The molecule has 0 spiro atoms. The third-order valence-electron chi connectivity index (χ3n) is 3.35. The van der Waals surface area contributed by atoms with E-state index in [1.54, 1.807) is 12.4 Å². The summed E-state index contributed by atoms with van der Waals surface area (Å²) in [5.74, 6) is -0.203. The van der Waals surface area contributed by atoms with Crippen molar-refractivity contribution in [2.24, 2.45) is 0 Å². The number of carbonyl (C=O) groups excluding carboxylic acids is 1. The first-order valence-electron chi connectivity index (χ1n) is 6.12. The summed E-state index contributed by atoms with van der Waals surface area (Å²) < 4.78 is 4.93. The van der Waals surface area contributed by atoms with E-state index in [1.807, 2.05) is 12.1 Å². The van der Waals surface area contributed by atoms with E-state index in [0.29, 0.717) is 0 Å². The van der Waals surface area contributed by atoms with E-state index in [2.05, 4.69) is 21.8 Å². The molecule has 0 aromatic carbocycles. The van der Waals surface area contributed by atoms with Gasteiger partial charge in [0.25, 0.3) is 0 Å². The molecular formula is C13H19N3O2. The van der Waals surface area contributed by atoms with Gasteiger partial charge in [0.2, 0.25) is 0 Å². The van der Waals surface area contributed by atoms with Gasteiger partial charge in [0.15, 0.2) is 0 Å². The van der Waals surface area contributed by atoms with Crippen LogP contribution in [-0.4, -0.2) is 61.1 Å². The summed E-state index contributed by atoms with van der Waals surface area (Å²) in [6, 6.07) is 3.44. The van der Waals surface area contributed by atoms with Crippen molar-refractivity contribution in [3.05, 3.63) is 30.1 Å². The van der Waals surface area contributed by atoms with Crippen molar-refractivity contribution in [1.82, 2.24) is 14.8 Å². The molecule has 5 heteroatoms. The number of methoxy groups -OCH3 is 1. The molecule has 98 valence electrons. The zero-order chi connectivity index (χ0) is 13.0. The van der Waals surface area contributed by atoms with E-state index < -0.39 is 0 Å². The highest BCUT2D eigenvalue weighted by atomic mass is 16.5. The van der Waals surface area contributed by atoms with Crippen molar-refractivity contribution in [3.63, 3.8) is 0 Å². The lowest BCUT2D eigenvalue weighted by atomic mass is 10.1. The monoisotopic (exact) mass is 249 g/mol. The van der Waals surface area contributed by atoms with Crippen LogP contribution in [0.1, 0.15) is 11.6 Å². The molecule has 1 atom stereocenters. The fourth-order valence-corrected chi connectivity index (χ4v) is 2.23. The quantitative estimate of drug-likeness (QED) is 0.732. The average molecular weight is 249 g/mol. The minimum absolute atomic E-state index is 0.203. The Bertz CT molecular complexity index is 388. The third-order valence-corrected chi connectivity index (χ3v) is 3.35. The molecule has 0 bridgehead atoms. The van der Waals surface area contributed by atoms with E-state index in [1.165, 1.54) is 7.11 Å². The van der Waals surface area contributed by atoms with E-state index in [-0.39, 0.29) is 12.0 Å². The van der Waals surface area contributed by atoms with Crippen molar-refractivity contribution >= 4 is 5.97 Å². The molecule has 0 amide bonds. The summed E-state index contributed by atoms with van der Waals surface area (Å²) in [6.45, 7) is 3.69. The summed E-state index contributed by atoms with van der Waals surface area (Å²) in [5.41, 5.74) is 0.946. The highest BCUT2D eigenvalue weighted by Crippen LogP contribution is 2.22. The molecule has 0 radical (unpaired) electrons. The maximum absolute atomic E-state index is 12.0. The van der Waals surface area contributed by atoms with Crippen LogP contribution in [0.5, 0.6) is 0 Å². The lowest BCUT2D eigenvalue weighted by Gasteiger charge is -2.36. The molecule has 1 aromatic heterocycles. The van der Waals surface area contributed by atoms with Gasteiger partial charge < -0.3 is 9.64 Å². The molecular weight excluding hydrogens is 230 g/mol. The van der Waals surface area contributed by atoms with Crippen LogP contribution in [0.15, 0.2) is 24.5 Å². The van der Waals surface area contributed by atoms with Crippen LogP contribution in [0.3, 0.4) is 0 Å². The summed E-state index contributed by atoms with van der Waals surface area (Å²) in [6.07, 6.45) is 3.42. The second-order valence-electron chi connectivity index (χ2n) is 4.55. The van der Waals surface area contributed by atoms with Gasteiger partial charge in [-0.05, 0) is 24.7 Å². The van der Waals surface area contributed by atoms with Gasteiger partial charge >= 0.3 is 5.97 Å². The SMILES string of the molecule is COC(=O)C(c1ccncc1)N1CCN(C)CC1. The summed E-state index contributed by atoms with van der Waals surface area (Å²) in [5, 5.41) is 0. The summed E-state index contributed by atoms with van der Waals surface area (Å²) in [4.78, 5) is 20.4. The summed E-state index contributed by atoms with van der Waals surface area (Å²) in [7, 11) is 3.53. The molecule has 1 unspecified atom stereocenters. The molecule has 2 heterocycles. The lowest BCUT2D eigenvalue weighted by Crippen LogP contribution is -2.48. The van der Waals surface area contributed by atoms with Gasteiger partial charge in [0.05, 0.1) is 7.11 Å². The van der Waals surface area contributed by atoms with Crippen LogP contribution in [0.4, 0.5) is 0 Å². The van der Waals surface area contributed by atoms with Crippen molar-refractivity contribution in [2.45, 2.75) is 6.04 Å². The Morgan fingerprint density at radius 1 is 1.28 bits per heavy atom. The number of aromatic nitrogens is 1. The predicted octanol–water partition coefficient (Wildman–Crippen LogP) is 0.543. The Kier molecular flexibility index (Phi) is 4.28. The molecule has 0 saturated carbocycles. The normalized spacial score (nSPS) is 19.4. The molecule has 1 saturated heterocycles. The molecule has 5 nitrogen and oxygen atoms in total. The van der Waals surface area contributed by atoms with Crippen LogP contribution in [0.25, 0.3) is 0 Å². The van der Waals surface area contributed by atoms with Crippen molar-refractivity contribution in [3.8, 4) is 0 Å². The number of likely N-dealkylation sites (N-methyl/N-ethyl adjacent to an activating group) is 1. The number of esters is 1. The average Bonchev–Trinajstić information content (AvgIpc) is 2.42. The van der Waals surface area contributed by atoms with Gasteiger partial charge in [-0.15, -0.1) is 0 Å². The van der Waals surface area contributed by atoms with Gasteiger partial charge in [-0.25, -0.2) is 4.79 Å². The molecule has 1 aliphatic rings. The van der Waals surface area contributed by atoms with E-state index in [0.717, 1.165) is 31.7 Å². The molecule has 1 fully saturated rings. The van der Waals surface area contributed by atoms with Gasteiger partial charge in [-0.3, -0.25) is 9.88 Å². The zero-order valence-corrected chi connectivity index (χ0v) is 10.9. The van der Waals surface area contributed by atoms with Crippen molar-refractivity contribution in [2.75, 3.05) is 40.3 Å². The lowest BCUT2D eigenvalue weighted by molar-refractivity contribution is -0.148. The second kappa shape index (κ2) is 5.93. The van der Waals surface area contributed by atoms with Crippen LogP contribution >= 0.6 is 0 Å². The van der Waals surface area contributed by atoms with Crippen LogP contribution < -0.4 is 0 Å². The number of hydrogen-bond donors (Lipinski definition) is 0. The Balaban J connectivity index is 2.18. The van der Waals surface area contributed by atoms with E-state index in [9.17, 15) is 4.79 Å². The van der Waals surface area contributed by atoms with Crippen molar-refractivity contribution in [1.29, 1.82) is 0 Å². The Morgan fingerprint density at radius 3 is 2.44 bits per heavy atom. The topological polar surface area (TPSA) is 45.7 Å². The smallest absolute Gasteiger partial charge is 0.327 e. The molecule has 2 rings (SSSR count). The number of pyridine rings is 1. The fraction of sp³-hybridized carbons (Fsp3) is 0.538. The molecule has 0 N–H and O–H groups in total. The molecule has 18 heavy (non-hydrogen) atoms. The molecule has 1 aromatic rings. The maximum Gasteiger partial charge on any atom is 0.327 e. The highest BCUT2D eigenvalue weighted by Gasteiger charge is 2.30. The number of carbonyl (C=O) groups is 1. The fourth-order valence-electron chi connectivity index (χ4n) is 2.23. The first-order chi connectivity index (χ1) is 8.72. The van der Waals surface area contributed by atoms with E-state index in [4.69, 9.17) is 4.74 Å². The standard InChI is InChI=1S/C13H19N3O2/c1-15-7-9-16(10-8-15)12(13(17)18-2)11-3-5-14-6-4-11/h3-6,12H,7-10H2,1-2H3. The number of piperazine rings is 1. The summed E-state index contributed by atoms with van der Waals surface area (Å²) >= 11 is 0. The van der Waals surface area contributed by atoms with Crippen LogP contribution in [0, 0.1) is 0 Å². The Hall–Kier alpha value is -1.46. The molecule has 1 aliphatic heterocycles. The largest absolute Gasteiger partial charge is 0.468 e. The first-order valence-corrected chi connectivity index (χ1v) is 6.12. The minimum Gasteiger partial charge on any atom is -0.468 e. The minimum atomic E-state index is -0.313. The van der Waals surface area contributed by atoms with E-state index >= 15 is 0 Å². The second-order valence-corrected chi connectivity index (χ2v) is 4.55. The Morgan fingerprint density at radius 2 is 1.89 bits per heavy atom. The van der Waals surface area contributed by atoms with Gasteiger partial charge in [0.1, 0.15) is 6.04 Å². The first kappa shape index (κ1) is 13.0. The van der Waals surface area contributed by atoms with Gasteiger partial charge in [-0.1, -0.05) is 0 Å². The third kappa shape index (κ3) is 2.86. The number of ether oxygens (including phenoxy) is 1. The zero-order valence-electron chi connectivity index (χ0n) is 10.9. The number of hydrogen-bond acceptors (Lipinski definition) is 5. The van der Waals surface area contributed by atoms with Gasteiger partial charge in [0, 0.05) is 38.6 Å². The maximum atomic E-state index is 12.0. The predicted molar refractivity (Wildman–Crippen MR) is 68.1 cm³/mol. The highest BCUT2D eigenvalue weighted by molar-refractivity contribution is 5.77. The van der Waals surface area contributed by atoms with Crippen LogP contribution in [-0.2, 0) is 9.53 Å². The number of rotatable bonds is 3. The number of nitrogens with zero attached hydrogens (tertiary/aromatic N) is 3. The van der Waals surface area contributed by atoms with Crippen LogP contribution in [0.2, 0.25) is 0 Å².